The van der Waals surface area contributed by atoms with Gasteiger partial charge in [-0.3, -0.25) is 19.4 Å². The number of aliphatic hydroxyl groups is 1. The molecular weight excluding hydrogens is 642 g/mol. The number of benzene rings is 4. The molecule has 4 atom stereocenters. The molecule has 268 valence electrons. The van der Waals surface area contributed by atoms with Crippen LogP contribution in [0.15, 0.2) is 103 Å². The van der Waals surface area contributed by atoms with Gasteiger partial charge in [-0.1, -0.05) is 97.9 Å². The molecule has 0 bridgehead atoms. The van der Waals surface area contributed by atoms with Crippen molar-refractivity contribution in [3.63, 3.8) is 0 Å². The quantitative estimate of drug-likeness (QED) is 0.141. The standard InChI is InChI=1S/C42H49N3O6/c1-30-38(28-45-22-20-44(21-23-45)27-31-8-3-2-4-9-31)50-42(51-41(30)34-18-16-32(29-46)17-19-34)37-13-6-12-36(25-37)35-11-5-10-33(24-35)26-43-39(47)14-7-15-40(48)49/h2-6,8-13,16-19,24-25,30,38,41-42,46H,7,14-15,20-23,26-29H2,1H3,(H,43,47)(H,48,49)/t30-,38+,41+,42+/m1/s1. The molecule has 6 rings (SSSR count). The van der Waals surface area contributed by atoms with Gasteiger partial charge in [-0.15, -0.1) is 0 Å². The van der Waals surface area contributed by atoms with E-state index in [9.17, 15) is 14.7 Å². The number of carbonyl (C=O) groups excluding carboxylic acids is 1. The number of nitrogens with zero attached hydrogens (tertiary/aromatic N) is 2. The summed E-state index contributed by atoms with van der Waals surface area (Å²) in [7, 11) is 0. The van der Waals surface area contributed by atoms with Crippen molar-refractivity contribution in [1.29, 1.82) is 0 Å². The van der Waals surface area contributed by atoms with Crippen LogP contribution in [0.3, 0.4) is 0 Å². The molecule has 51 heavy (non-hydrogen) atoms. The zero-order valence-corrected chi connectivity index (χ0v) is 29.3. The molecule has 0 unspecified atom stereocenters. The number of hydrogen-bond donors (Lipinski definition) is 3. The van der Waals surface area contributed by atoms with Crippen molar-refractivity contribution < 1.29 is 29.3 Å². The van der Waals surface area contributed by atoms with Gasteiger partial charge in [0.2, 0.25) is 5.91 Å². The van der Waals surface area contributed by atoms with E-state index < -0.39 is 12.3 Å². The van der Waals surface area contributed by atoms with Gasteiger partial charge in [0.1, 0.15) is 0 Å². The normalized spacial score (nSPS) is 21.3. The maximum Gasteiger partial charge on any atom is 0.303 e. The predicted octanol–water partition coefficient (Wildman–Crippen LogP) is 6.33. The first-order valence-corrected chi connectivity index (χ1v) is 18.0. The first-order valence-electron chi connectivity index (χ1n) is 18.0. The van der Waals surface area contributed by atoms with Gasteiger partial charge in [0.05, 0.1) is 18.8 Å². The summed E-state index contributed by atoms with van der Waals surface area (Å²) in [5.41, 5.74) is 7.20. The topological polar surface area (TPSA) is 112 Å². The number of carboxylic acid groups (broad SMARTS) is 1. The molecule has 0 radical (unpaired) electrons. The minimum absolute atomic E-state index is 0.000869. The number of ether oxygens (including phenoxy) is 2. The van der Waals surface area contributed by atoms with Crippen molar-refractivity contribution in [2.45, 2.75) is 64.4 Å². The summed E-state index contributed by atoms with van der Waals surface area (Å²) in [6, 6.07) is 35.0. The van der Waals surface area contributed by atoms with E-state index in [4.69, 9.17) is 14.6 Å². The average Bonchev–Trinajstić information content (AvgIpc) is 3.16. The van der Waals surface area contributed by atoms with E-state index in [1.54, 1.807) is 0 Å². The molecule has 0 spiro atoms. The van der Waals surface area contributed by atoms with Crippen molar-refractivity contribution in [3.8, 4) is 11.1 Å². The van der Waals surface area contributed by atoms with Crippen LogP contribution in [0, 0.1) is 5.92 Å². The summed E-state index contributed by atoms with van der Waals surface area (Å²) in [5, 5.41) is 21.4. The highest BCUT2D eigenvalue weighted by molar-refractivity contribution is 5.76. The lowest BCUT2D eigenvalue weighted by Crippen LogP contribution is -2.51. The number of amides is 1. The van der Waals surface area contributed by atoms with Gasteiger partial charge in [-0.05, 0) is 51.9 Å². The molecule has 9 nitrogen and oxygen atoms in total. The Balaban J connectivity index is 1.15. The first kappa shape index (κ1) is 36.4. The summed E-state index contributed by atoms with van der Waals surface area (Å²) in [4.78, 5) is 28.1. The maximum atomic E-state index is 12.2. The molecular formula is C42H49N3O6. The van der Waals surface area contributed by atoms with Crippen LogP contribution in [-0.4, -0.2) is 70.7 Å². The molecule has 0 aromatic heterocycles. The predicted molar refractivity (Wildman–Crippen MR) is 196 cm³/mol. The molecule has 4 aromatic carbocycles. The number of carbonyl (C=O) groups is 2. The second kappa shape index (κ2) is 17.7. The van der Waals surface area contributed by atoms with Crippen LogP contribution in [0.4, 0.5) is 0 Å². The number of carboxylic acids is 1. The van der Waals surface area contributed by atoms with E-state index in [0.717, 1.165) is 72.6 Å². The van der Waals surface area contributed by atoms with Gasteiger partial charge in [-0.2, -0.15) is 0 Å². The molecule has 2 heterocycles. The summed E-state index contributed by atoms with van der Waals surface area (Å²) in [6.07, 6.45) is -0.326. The van der Waals surface area contributed by atoms with Gasteiger partial charge in [-0.25, -0.2) is 0 Å². The number of rotatable bonds is 14. The highest BCUT2D eigenvalue weighted by Gasteiger charge is 2.39. The first-order chi connectivity index (χ1) is 24.8. The minimum atomic E-state index is -0.896. The van der Waals surface area contributed by atoms with E-state index in [0.29, 0.717) is 13.0 Å². The fraction of sp³-hybridized carbons (Fsp3) is 0.381. The molecule has 3 N–H and O–H groups in total. The van der Waals surface area contributed by atoms with E-state index in [1.807, 2.05) is 36.4 Å². The second-order valence-electron chi connectivity index (χ2n) is 13.7. The monoisotopic (exact) mass is 691 g/mol. The summed E-state index contributed by atoms with van der Waals surface area (Å²) >= 11 is 0. The van der Waals surface area contributed by atoms with E-state index in [-0.39, 0.29) is 43.5 Å². The zero-order chi connectivity index (χ0) is 35.6. The lowest BCUT2D eigenvalue weighted by Gasteiger charge is -2.44. The molecule has 2 saturated heterocycles. The fourth-order valence-electron chi connectivity index (χ4n) is 6.97. The SMILES string of the molecule is C[C@@H]1[C@H](CN2CCN(Cc3ccccc3)CC2)O[C@H](c2cccc(-c3cccc(CNC(=O)CCCC(=O)O)c3)c2)O[C@@H]1c1ccc(CO)cc1. The molecule has 9 heteroatoms. The number of nitrogens with one attached hydrogen (secondary N) is 1. The van der Waals surface area contributed by atoms with Crippen LogP contribution in [0.2, 0.25) is 0 Å². The third-order valence-electron chi connectivity index (χ3n) is 9.98. The Hall–Kier alpha value is -4.38. The second-order valence-corrected chi connectivity index (χ2v) is 13.7. The van der Waals surface area contributed by atoms with E-state index in [1.165, 1.54) is 5.56 Å². The molecule has 2 aliphatic heterocycles. The van der Waals surface area contributed by atoms with Crippen molar-refractivity contribution in [3.05, 3.63) is 131 Å². The van der Waals surface area contributed by atoms with Crippen molar-refractivity contribution >= 4 is 11.9 Å². The summed E-state index contributed by atoms with van der Waals surface area (Å²) < 4.78 is 13.6. The van der Waals surface area contributed by atoms with Gasteiger partial charge in [0.15, 0.2) is 6.29 Å². The lowest BCUT2D eigenvalue weighted by atomic mass is 9.89. The third kappa shape index (κ3) is 10.1. The highest BCUT2D eigenvalue weighted by Crippen LogP contribution is 2.42. The van der Waals surface area contributed by atoms with Gasteiger partial charge in [0, 0.05) is 70.1 Å². The van der Waals surface area contributed by atoms with Crippen molar-refractivity contribution in [1.82, 2.24) is 15.1 Å². The number of hydrogen-bond acceptors (Lipinski definition) is 7. The van der Waals surface area contributed by atoms with Crippen LogP contribution in [-0.2, 0) is 38.8 Å². The van der Waals surface area contributed by atoms with Crippen LogP contribution < -0.4 is 5.32 Å². The molecule has 0 aliphatic carbocycles. The Morgan fingerprint density at radius 2 is 1.43 bits per heavy atom. The summed E-state index contributed by atoms with van der Waals surface area (Å²) in [5.74, 6) is -0.955. The number of piperazine rings is 1. The van der Waals surface area contributed by atoms with Gasteiger partial charge in [0.25, 0.3) is 0 Å². The van der Waals surface area contributed by atoms with Crippen LogP contribution in [0.5, 0.6) is 0 Å². The van der Waals surface area contributed by atoms with Crippen molar-refractivity contribution in [2.24, 2.45) is 5.92 Å². The number of aliphatic carboxylic acids is 1. The summed E-state index contributed by atoms with van der Waals surface area (Å²) in [6.45, 7) is 8.35. The highest BCUT2D eigenvalue weighted by atomic mass is 16.7. The Bertz CT molecular complexity index is 1720. The van der Waals surface area contributed by atoms with Crippen LogP contribution in [0.1, 0.15) is 66.4 Å². The molecule has 2 fully saturated rings. The Kier molecular flexibility index (Phi) is 12.6. The molecule has 0 saturated carbocycles. The lowest BCUT2D eigenvalue weighted by molar-refractivity contribution is -0.276. The average molecular weight is 692 g/mol. The smallest absolute Gasteiger partial charge is 0.303 e. The third-order valence-corrected chi connectivity index (χ3v) is 9.98. The van der Waals surface area contributed by atoms with Gasteiger partial charge < -0.3 is 25.0 Å². The van der Waals surface area contributed by atoms with Gasteiger partial charge >= 0.3 is 5.97 Å². The van der Waals surface area contributed by atoms with E-state index >= 15 is 0 Å². The maximum absolute atomic E-state index is 12.2. The molecule has 2 aliphatic rings. The minimum Gasteiger partial charge on any atom is -0.481 e. The fourth-order valence-corrected chi connectivity index (χ4v) is 6.97. The molecule has 1 amide bonds. The van der Waals surface area contributed by atoms with Crippen LogP contribution in [0.25, 0.3) is 11.1 Å². The Labute approximate surface area is 300 Å². The Morgan fingerprint density at radius 1 is 0.745 bits per heavy atom. The zero-order valence-electron chi connectivity index (χ0n) is 29.3. The Morgan fingerprint density at radius 3 is 2.16 bits per heavy atom. The van der Waals surface area contributed by atoms with Crippen molar-refractivity contribution in [2.75, 3.05) is 32.7 Å². The van der Waals surface area contributed by atoms with E-state index in [2.05, 4.69) is 88.8 Å². The molecule has 4 aromatic rings. The van der Waals surface area contributed by atoms with Crippen LogP contribution >= 0.6 is 0 Å². The number of aliphatic hydroxyl groups excluding tert-OH is 1. The largest absolute Gasteiger partial charge is 0.481 e.